The van der Waals surface area contributed by atoms with E-state index in [2.05, 4.69) is 27.9 Å². The molecule has 0 saturated carbocycles. The Morgan fingerprint density at radius 3 is 3.06 bits per heavy atom. The van der Waals surface area contributed by atoms with Gasteiger partial charge in [0.1, 0.15) is 0 Å². The number of hydrogen-bond donors (Lipinski definition) is 1. The standard InChI is InChI=1S/C13H21N3O/c1-15-6-7-16(13(11-15)4-8-17)10-12-3-2-5-14-9-12/h2-3,5,9,13,17H,4,6-8,10-11H2,1H3. The third-order valence-corrected chi connectivity index (χ3v) is 3.38. The van der Waals surface area contributed by atoms with Crippen molar-refractivity contribution < 1.29 is 5.11 Å². The molecule has 0 aliphatic carbocycles. The van der Waals surface area contributed by atoms with Gasteiger partial charge in [-0.05, 0) is 25.1 Å². The van der Waals surface area contributed by atoms with Gasteiger partial charge in [0.2, 0.25) is 0 Å². The maximum Gasteiger partial charge on any atom is 0.0446 e. The Kier molecular flexibility index (Phi) is 4.48. The van der Waals surface area contributed by atoms with E-state index in [9.17, 15) is 0 Å². The molecule has 0 amide bonds. The van der Waals surface area contributed by atoms with Crippen LogP contribution in [-0.2, 0) is 6.54 Å². The van der Waals surface area contributed by atoms with Gasteiger partial charge in [0.05, 0.1) is 0 Å². The third-order valence-electron chi connectivity index (χ3n) is 3.38. The number of hydrogen-bond acceptors (Lipinski definition) is 4. The Morgan fingerprint density at radius 2 is 2.35 bits per heavy atom. The maximum absolute atomic E-state index is 9.13. The molecule has 1 N–H and O–H groups in total. The van der Waals surface area contributed by atoms with Crippen LogP contribution in [0.2, 0.25) is 0 Å². The van der Waals surface area contributed by atoms with Crippen molar-refractivity contribution in [2.45, 2.75) is 19.0 Å². The number of piperazine rings is 1. The molecular weight excluding hydrogens is 214 g/mol. The molecule has 0 bridgehead atoms. The van der Waals surface area contributed by atoms with E-state index in [0.717, 1.165) is 32.6 Å². The van der Waals surface area contributed by atoms with E-state index in [0.29, 0.717) is 6.04 Å². The molecule has 4 nitrogen and oxygen atoms in total. The minimum absolute atomic E-state index is 0.266. The summed E-state index contributed by atoms with van der Waals surface area (Å²) in [5, 5.41) is 9.13. The molecule has 1 aromatic heterocycles. The molecule has 1 atom stereocenters. The molecule has 1 aliphatic heterocycles. The molecule has 2 rings (SSSR count). The molecule has 94 valence electrons. The highest BCUT2D eigenvalue weighted by atomic mass is 16.3. The third kappa shape index (κ3) is 3.49. The SMILES string of the molecule is CN1CCN(Cc2cccnc2)C(CCO)C1. The molecular formula is C13H21N3O. The molecule has 0 aromatic carbocycles. The molecule has 1 saturated heterocycles. The molecule has 0 spiro atoms. The molecule has 4 heteroatoms. The van der Waals surface area contributed by atoms with E-state index in [1.165, 1.54) is 5.56 Å². The van der Waals surface area contributed by atoms with E-state index in [1.54, 1.807) is 6.20 Å². The summed E-state index contributed by atoms with van der Waals surface area (Å²) in [5.74, 6) is 0. The van der Waals surface area contributed by atoms with Crippen molar-refractivity contribution in [3.63, 3.8) is 0 Å². The summed E-state index contributed by atoms with van der Waals surface area (Å²) in [6, 6.07) is 4.55. The zero-order chi connectivity index (χ0) is 12.1. The van der Waals surface area contributed by atoms with Crippen LogP contribution in [0.15, 0.2) is 24.5 Å². The smallest absolute Gasteiger partial charge is 0.0446 e. The van der Waals surface area contributed by atoms with Crippen LogP contribution < -0.4 is 0 Å². The van der Waals surface area contributed by atoms with E-state index >= 15 is 0 Å². The van der Waals surface area contributed by atoms with Crippen LogP contribution >= 0.6 is 0 Å². The quantitative estimate of drug-likeness (QED) is 0.828. The van der Waals surface area contributed by atoms with Gasteiger partial charge in [0.15, 0.2) is 0 Å². The van der Waals surface area contributed by atoms with Crippen molar-refractivity contribution in [2.75, 3.05) is 33.3 Å². The van der Waals surface area contributed by atoms with Crippen LogP contribution in [0.1, 0.15) is 12.0 Å². The van der Waals surface area contributed by atoms with Gasteiger partial charge >= 0.3 is 0 Å². The second-order valence-electron chi connectivity index (χ2n) is 4.76. The highest BCUT2D eigenvalue weighted by Crippen LogP contribution is 2.14. The van der Waals surface area contributed by atoms with Gasteiger partial charge in [-0.15, -0.1) is 0 Å². The fraction of sp³-hybridized carbons (Fsp3) is 0.615. The van der Waals surface area contributed by atoms with Gasteiger partial charge in [0, 0.05) is 51.2 Å². The van der Waals surface area contributed by atoms with Crippen LogP contribution in [0, 0.1) is 0 Å². The van der Waals surface area contributed by atoms with Gasteiger partial charge in [-0.1, -0.05) is 6.07 Å². The number of rotatable bonds is 4. The van der Waals surface area contributed by atoms with Crippen molar-refractivity contribution in [2.24, 2.45) is 0 Å². The Hall–Kier alpha value is -0.970. The second-order valence-corrected chi connectivity index (χ2v) is 4.76. The van der Waals surface area contributed by atoms with Crippen molar-refractivity contribution in [1.82, 2.24) is 14.8 Å². The van der Waals surface area contributed by atoms with Gasteiger partial charge in [-0.25, -0.2) is 0 Å². The summed E-state index contributed by atoms with van der Waals surface area (Å²) in [7, 11) is 2.14. The monoisotopic (exact) mass is 235 g/mol. The first kappa shape index (κ1) is 12.5. The predicted octanol–water partition coefficient (Wildman–Crippen LogP) is 0.580. The molecule has 1 unspecified atom stereocenters. The first-order chi connectivity index (χ1) is 8.29. The van der Waals surface area contributed by atoms with Crippen LogP contribution in [0.4, 0.5) is 0 Å². The molecule has 1 aliphatic rings. The summed E-state index contributed by atoms with van der Waals surface area (Å²) in [4.78, 5) is 8.93. The van der Waals surface area contributed by atoms with E-state index in [1.807, 2.05) is 12.3 Å². The minimum Gasteiger partial charge on any atom is -0.396 e. The van der Waals surface area contributed by atoms with Gasteiger partial charge in [0.25, 0.3) is 0 Å². The lowest BCUT2D eigenvalue weighted by Crippen LogP contribution is -2.51. The number of aliphatic hydroxyl groups is 1. The summed E-state index contributed by atoms with van der Waals surface area (Å²) in [6.45, 7) is 4.41. The van der Waals surface area contributed by atoms with E-state index in [-0.39, 0.29) is 6.61 Å². The molecule has 0 radical (unpaired) electrons. The summed E-state index contributed by atoms with van der Waals surface area (Å²) >= 11 is 0. The predicted molar refractivity (Wildman–Crippen MR) is 67.6 cm³/mol. The average molecular weight is 235 g/mol. The Balaban J connectivity index is 1.98. The number of aromatic nitrogens is 1. The van der Waals surface area contributed by atoms with E-state index in [4.69, 9.17) is 5.11 Å². The molecule has 17 heavy (non-hydrogen) atoms. The zero-order valence-electron chi connectivity index (χ0n) is 10.4. The first-order valence-corrected chi connectivity index (χ1v) is 6.22. The lowest BCUT2D eigenvalue weighted by Gasteiger charge is -2.39. The number of likely N-dealkylation sites (N-methyl/N-ethyl adjacent to an activating group) is 1. The zero-order valence-corrected chi connectivity index (χ0v) is 10.4. The summed E-state index contributed by atoms with van der Waals surface area (Å²) in [6.07, 6.45) is 4.58. The highest BCUT2D eigenvalue weighted by molar-refractivity contribution is 5.08. The first-order valence-electron chi connectivity index (χ1n) is 6.22. The number of nitrogens with zero attached hydrogens (tertiary/aromatic N) is 3. The Bertz CT molecular complexity index is 331. The van der Waals surface area contributed by atoms with Gasteiger partial charge in [-0.2, -0.15) is 0 Å². The molecule has 1 aromatic rings. The highest BCUT2D eigenvalue weighted by Gasteiger charge is 2.24. The van der Waals surface area contributed by atoms with E-state index < -0.39 is 0 Å². The average Bonchev–Trinajstić information content (AvgIpc) is 2.34. The van der Waals surface area contributed by atoms with Crippen molar-refractivity contribution in [3.05, 3.63) is 30.1 Å². The number of pyridine rings is 1. The molecule has 1 fully saturated rings. The lowest BCUT2D eigenvalue weighted by atomic mass is 10.1. The van der Waals surface area contributed by atoms with Crippen LogP contribution in [-0.4, -0.2) is 59.2 Å². The summed E-state index contributed by atoms with van der Waals surface area (Å²) < 4.78 is 0. The van der Waals surface area contributed by atoms with Crippen LogP contribution in [0.25, 0.3) is 0 Å². The maximum atomic E-state index is 9.13. The van der Waals surface area contributed by atoms with Crippen molar-refractivity contribution in [3.8, 4) is 0 Å². The van der Waals surface area contributed by atoms with Gasteiger partial charge in [-0.3, -0.25) is 9.88 Å². The van der Waals surface area contributed by atoms with Crippen LogP contribution in [0.5, 0.6) is 0 Å². The molecule has 2 heterocycles. The fourth-order valence-corrected chi connectivity index (χ4v) is 2.41. The normalized spacial score (nSPS) is 22.8. The van der Waals surface area contributed by atoms with Gasteiger partial charge < -0.3 is 10.0 Å². The van der Waals surface area contributed by atoms with Crippen molar-refractivity contribution >= 4 is 0 Å². The van der Waals surface area contributed by atoms with Crippen molar-refractivity contribution in [1.29, 1.82) is 0 Å². The topological polar surface area (TPSA) is 39.6 Å². The Morgan fingerprint density at radius 1 is 1.47 bits per heavy atom. The second kappa shape index (κ2) is 6.10. The number of aliphatic hydroxyl groups excluding tert-OH is 1. The van der Waals surface area contributed by atoms with Crippen LogP contribution in [0.3, 0.4) is 0 Å². The minimum atomic E-state index is 0.266. The lowest BCUT2D eigenvalue weighted by molar-refractivity contribution is 0.0666. The Labute approximate surface area is 103 Å². The largest absolute Gasteiger partial charge is 0.396 e. The fourth-order valence-electron chi connectivity index (χ4n) is 2.41. The summed E-state index contributed by atoms with van der Waals surface area (Å²) in [5.41, 5.74) is 1.25.